The minimum atomic E-state index is -0.166. The predicted molar refractivity (Wildman–Crippen MR) is 115 cm³/mol. The Morgan fingerprint density at radius 1 is 1.00 bits per heavy atom. The molecule has 0 aliphatic carbocycles. The average Bonchev–Trinajstić information content (AvgIpc) is 2.69. The molecule has 0 spiro atoms. The van der Waals surface area contributed by atoms with Gasteiger partial charge in [0.05, 0.1) is 0 Å². The number of amides is 2. The van der Waals surface area contributed by atoms with Gasteiger partial charge in [-0.3, -0.25) is 9.59 Å². The molecule has 0 bridgehead atoms. The summed E-state index contributed by atoms with van der Waals surface area (Å²) in [6.07, 6.45) is 3.25. The zero-order chi connectivity index (χ0) is 21.0. The molecule has 0 radical (unpaired) electrons. The Labute approximate surface area is 173 Å². The molecule has 1 aliphatic rings. The predicted octanol–water partition coefficient (Wildman–Crippen LogP) is 4.72. The number of nitrogens with one attached hydrogen (secondary N) is 1. The molecule has 2 atom stereocenters. The number of benzene rings is 2. The van der Waals surface area contributed by atoms with Gasteiger partial charge in [0, 0.05) is 23.3 Å². The van der Waals surface area contributed by atoms with Gasteiger partial charge in [-0.2, -0.15) is 0 Å². The van der Waals surface area contributed by atoms with Crippen LogP contribution in [-0.2, 0) is 4.79 Å². The van der Waals surface area contributed by atoms with E-state index in [4.69, 9.17) is 4.74 Å². The molecule has 1 fully saturated rings. The molecule has 2 aromatic rings. The lowest BCUT2D eigenvalue weighted by Gasteiger charge is -2.38. The van der Waals surface area contributed by atoms with Gasteiger partial charge in [-0.05, 0) is 82.3 Å². The van der Waals surface area contributed by atoms with Gasteiger partial charge in [-0.1, -0.05) is 18.2 Å². The van der Waals surface area contributed by atoms with Crippen LogP contribution in [0.4, 0.5) is 5.69 Å². The molecule has 5 nitrogen and oxygen atoms in total. The normalized spacial score (nSPS) is 19.0. The minimum Gasteiger partial charge on any atom is -0.484 e. The monoisotopic (exact) mass is 394 g/mol. The Kier molecular flexibility index (Phi) is 6.57. The highest BCUT2D eigenvalue weighted by molar-refractivity contribution is 6.05. The summed E-state index contributed by atoms with van der Waals surface area (Å²) in [5, 5.41) is 2.98. The molecule has 1 heterocycles. The van der Waals surface area contributed by atoms with Crippen LogP contribution in [0.5, 0.6) is 5.75 Å². The Hall–Kier alpha value is -2.82. The van der Waals surface area contributed by atoms with Crippen molar-refractivity contribution in [1.29, 1.82) is 0 Å². The van der Waals surface area contributed by atoms with Crippen LogP contribution < -0.4 is 10.1 Å². The fourth-order valence-corrected chi connectivity index (χ4v) is 4.03. The maximum Gasteiger partial charge on any atom is 0.260 e. The van der Waals surface area contributed by atoms with E-state index in [1.165, 1.54) is 6.42 Å². The molecule has 154 valence electrons. The summed E-state index contributed by atoms with van der Waals surface area (Å²) in [6.45, 7) is 8.15. The number of carbonyl (C=O) groups excluding carboxylic acids is 2. The highest BCUT2D eigenvalue weighted by Gasteiger charge is 2.28. The second-order valence-electron chi connectivity index (χ2n) is 7.96. The van der Waals surface area contributed by atoms with Crippen LogP contribution in [0, 0.1) is 13.8 Å². The Morgan fingerprint density at radius 2 is 1.59 bits per heavy atom. The maximum atomic E-state index is 12.6. The van der Waals surface area contributed by atoms with Crippen molar-refractivity contribution < 1.29 is 14.3 Å². The lowest BCUT2D eigenvalue weighted by Crippen LogP contribution is -2.49. The van der Waals surface area contributed by atoms with Crippen molar-refractivity contribution in [3.63, 3.8) is 0 Å². The maximum absolute atomic E-state index is 12.6. The van der Waals surface area contributed by atoms with Crippen LogP contribution in [0.3, 0.4) is 0 Å². The summed E-state index contributed by atoms with van der Waals surface area (Å²) < 4.78 is 5.69. The van der Waals surface area contributed by atoms with Gasteiger partial charge in [0.25, 0.3) is 11.8 Å². The lowest BCUT2D eigenvalue weighted by molar-refractivity contribution is -0.139. The summed E-state index contributed by atoms with van der Waals surface area (Å²) in [5.41, 5.74) is 3.44. The van der Waals surface area contributed by atoms with Crippen LogP contribution in [0.2, 0.25) is 0 Å². The molecule has 2 aromatic carbocycles. The first-order valence-corrected chi connectivity index (χ1v) is 10.3. The van der Waals surface area contributed by atoms with E-state index in [1.807, 2.05) is 36.9 Å². The summed E-state index contributed by atoms with van der Waals surface area (Å²) >= 11 is 0. The van der Waals surface area contributed by atoms with Gasteiger partial charge in [0.1, 0.15) is 5.75 Å². The lowest BCUT2D eigenvalue weighted by atomic mass is 9.97. The second-order valence-corrected chi connectivity index (χ2v) is 7.96. The third kappa shape index (κ3) is 4.97. The molecule has 0 aromatic heterocycles. The van der Waals surface area contributed by atoms with E-state index in [2.05, 4.69) is 19.2 Å². The number of anilines is 1. The molecule has 1 N–H and O–H groups in total. The summed E-state index contributed by atoms with van der Waals surface area (Å²) in [7, 11) is 0. The van der Waals surface area contributed by atoms with Crippen molar-refractivity contribution in [2.24, 2.45) is 0 Å². The van der Waals surface area contributed by atoms with E-state index in [0.717, 1.165) is 29.7 Å². The van der Waals surface area contributed by atoms with E-state index in [1.54, 1.807) is 24.3 Å². The molecule has 1 saturated heterocycles. The van der Waals surface area contributed by atoms with E-state index in [9.17, 15) is 9.59 Å². The van der Waals surface area contributed by atoms with Gasteiger partial charge in [0.2, 0.25) is 0 Å². The van der Waals surface area contributed by atoms with Crippen LogP contribution in [0.1, 0.15) is 54.6 Å². The number of carbonyl (C=O) groups is 2. The number of para-hydroxylation sites is 1. The van der Waals surface area contributed by atoms with Crippen molar-refractivity contribution in [2.75, 3.05) is 11.9 Å². The Morgan fingerprint density at radius 3 is 2.17 bits per heavy atom. The molecule has 0 saturated carbocycles. The van der Waals surface area contributed by atoms with Crippen LogP contribution in [-0.4, -0.2) is 35.4 Å². The van der Waals surface area contributed by atoms with Gasteiger partial charge < -0.3 is 15.0 Å². The molecule has 29 heavy (non-hydrogen) atoms. The number of aryl methyl sites for hydroxylation is 2. The third-order valence-electron chi connectivity index (χ3n) is 5.68. The average molecular weight is 395 g/mol. The molecule has 3 rings (SSSR count). The Bertz CT molecular complexity index is 846. The number of nitrogens with zero attached hydrogens (tertiary/aromatic N) is 1. The van der Waals surface area contributed by atoms with E-state index in [-0.39, 0.29) is 30.5 Å². The van der Waals surface area contributed by atoms with Crippen molar-refractivity contribution in [1.82, 2.24) is 4.90 Å². The van der Waals surface area contributed by atoms with Crippen molar-refractivity contribution in [2.45, 2.75) is 59.0 Å². The topological polar surface area (TPSA) is 58.6 Å². The van der Waals surface area contributed by atoms with Crippen molar-refractivity contribution in [3.8, 4) is 5.75 Å². The van der Waals surface area contributed by atoms with E-state index >= 15 is 0 Å². The summed E-state index contributed by atoms with van der Waals surface area (Å²) in [4.78, 5) is 27.1. The van der Waals surface area contributed by atoms with Gasteiger partial charge >= 0.3 is 0 Å². The quantitative estimate of drug-likeness (QED) is 0.798. The fraction of sp³-hybridized carbons (Fsp3) is 0.417. The van der Waals surface area contributed by atoms with Crippen molar-refractivity contribution >= 4 is 17.5 Å². The molecular weight excluding hydrogens is 364 g/mol. The number of ether oxygens (including phenoxy) is 1. The number of hydrogen-bond acceptors (Lipinski definition) is 3. The highest BCUT2D eigenvalue weighted by atomic mass is 16.5. The minimum absolute atomic E-state index is 0.0153. The third-order valence-corrected chi connectivity index (χ3v) is 5.68. The number of piperidine rings is 1. The number of likely N-dealkylation sites (tertiary alicyclic amines) is 1. The second kappa shape index (κ2) is 9.12. The van der Waals surface area contributed by atoms with Gasteiger partial charge in [-0.15, -0.1) is 0 Å². The van der Waals surface area contributed by atoms with Gasteiger partial charge in [0.15, 0.2) is 6.61 Å². The van der Waals surface area contributed by atoms with E-state index < -0.39 is 0 Å². The summed E-state index contributed by atoms with van der Waals surface area (Å²) in [5.74, 6) is 0.432. The first kappa shape index (κ1) is 20.9. The molecule has 2 amide bonds. The number of hydrogen-bond donors (Lipinski definition) is 1. The molecule has 1 aliphatic heterocycles. The van der Waals surface area contributed by atoms with Crippen LogP contribution >= 0.6 is 0 Å². The first-order chi connectivity index (χ1) is 13.9. The van der Waals surface area contributed by atoms with Gasteiger partial charge in [-0.25, -0.2) is 0 Å². The molecule has 5 heteroatoms. The first-order valence-electron chi connectivity index (χ1n) is 10.3. The standard InChI is InChI=1S/C24H30N2O3/c1-16-7-5-8-17(2)23(16)25-24(28)20-11-13-21(14-12-20)29-15-22(27)26-18(3)9-6-10-19(26)4/h5,7-8,11-14,18-19H,6,9-10,15H2,1-4H3,(H,25,28). The molecule has 2 unspecified atom stereocenters. The zero-order valence-electron chi connectivity index (χ0n) is 17.7. The zero-order valence-corrected chi connectivity index (χ0v) is 17.7. The smallest absolute Gasteiger partial charge is 0.260 e. The Balaban J connectivity index is 1.58. The number of rotatable bonds is 5. The van der Waals surface area contributed by atoms with Crippen LogP contribution in [0.25, 0.3) is 0 Å². The van der Waals surface area contributed by atoms with Crippen molar-refractivity contribution in [3.05, 3.63) is 59.2 Å². The SMILES string of the molecule is Cc1cccc(C)c1NC(=O)c1ccc(OCC(=O)N2C(C)CCCC2C)cc1. The largest absolute Gasteiger partial charge is 0.484 e. The fourth-order valence-electron chi connectivity index (χ4n) is 4.03. The molecular formula is C24H30N2O3. The van der Waals surface area contributed by atoms with Crippen LogP contribution in [0.15, 0.2) is 42.5 Å². The van der Waals surface area contributed by atoms with E-state index in [0.29, 0.717) is 11.3 Å². The summed E-state index contributed by atoms with van der Waals surface area (Å²) in [6, 6.07) is 13.3. The highest BCUT2D eigenvalue weighted by Crippen LogP contribution is 2.23.